The number of carbonyl (C=O) groups is 1. The Morgan fingerprint density at radius 3 is 2.71 bits per heavy atom. The van der Waals surface area contributed by atoms with E-state index in [1.165, 1.54) is 18.9 Å². The first kappa shape index (κ1) is 15.3. The van der Waals surface area contributed by atoms with Gasteiger partial charge >= 0.3 is 0 Å². The van der Waals surface area contributed by atoms with Crippen molar-refractivity contribution in [1.82, 2.24) is 5.32 Å². The molecule has 0 heterocycles. The highest BCUT2D eigenvalue weighted by Gasteiger charge is 2.22. The summed E-state index contributed by atoms with van der Waals surface area (Å²) in [6.45, 7) is 3.23. The van der Waals surface area contributed by atoms with E-state index < -0.39 is 4.92 Å². The van der Waals surface area contributed by atoms with Crippen molar-refractivity contribution in [3.63, 3.8) is 0 Å². The monoisotopic (exact) mass is 291 g/mol. The number of nitrogens with zero attached hydrogens (tertiary/aromatic N) is 1. The van der Waals surface area contributed by atoms with Crippen molar-refractivity contribution >= 4 is 17.3 Å². The number of anilines is 1. The number of benzene rings is 1. The number of carbonyl (C=O) groups excluding carboxylic acids is 1. The molecule has 1 aliphatic carbocycles. The van der Waals surface area contributed by atoms with Crippen molar-refractivity contribution in [2.45, 2.75) is 32.6 Å². The Kier molecular flexibility index (Phi) is 5.14. The molecule has 114 valence electrons. The molecule has 1 amide bonds. The molecule has 1 fully saturated rings. The van der Waals surface area contributed by atoms with Gasteiger partial charge in [-0.3, -0.25) is 14.9 Å². The Labute approximate surface area is 124 Å². The first-order valence-electron chi connectivity index (χ1n) is 7.42. The van der Waals surface area contributed by atoms with Gasteiger partial charge in [0.2, 0.25) is 0 Å². The molecule has 0 atom stereocenters. The summed E-state index contributed by atoms with van der Waals surface area (Å²) in [6, 6.07) is 4.55. The standard InChI is InChI=1S/C15H21N3O3/c1-2-16-12-7-8-14(18(20)21)13(9-12)15(19)17-10-11-5-3-4-6-11/h7-9,11,16H,2-6,10H2,1H3,(H,17,19). The summed E-state index contributed by atoms with van der Waals surface area (Å²) in [7, 11) is 0. The van der Waals surface area contributed by atoms with Crippen LogP contribution in [0.5, 0.6) is 0 Å². The van der Waals surface area contributed by atoms with Crippen molar-refractivity contribution in [2.75, 3.05) is 18.4 Å². The van der Waals surface area contributed by atoms with Gasteiger partial charge in [-0.2, -0.15) is 0 Å². The minimum Gasteiger partial charge on any atom is -0.385 e. The molecule has 2 N–H and O–H groups in total. The Morgan fingerprint density at radius 2 is 2.10 bits per heavy atom. The molecule has 21 heavy (non-hydrogen) atoms. The highest BCUT2D eigenvalue weighted by Crippen LogP contribution is 2.25. The fourth-order valence-corrected chi connectivity index (χ4v) is 2.74. The fraction of sp³-hybridized carbons (Fsp3) is 0.533. The van der Waals surface area contributed by atoms with Crippen molar-refractivity contribution in [2.24, 2.45) is 5.92 Å². The summed E-state index contributed by atoms with van der Waals surface area (Å²) in [5, 5.41) is 17.0. The van der Waals surface area contributed by atoms with Gasteiger partial charge in [-0.1, -0.05) is 12.8 Å². The van der Waals surface area contributed by atoms with Gasteiger partial charge in [0.1, 0.15) is 5.56 Å². The van der Waals surface area contributed by atoms with Crippen LogP contribution in [-0.4, -0.2) is 23.9 Å². The van der Waals surface area contributed by atoms with Gasteiger partial charge in [0.15, 0.2) is 0 Å². The molecule has 0 aliphatic heterocycles. The Morgan fingerprint density at radius 1 is 1.38 bits per heavy atom. The zero-order valence-electron chi connectivity index (χ0n) is 12.2. The predicted octanol–water partition coefficient (Wildman–Crippen LogP) is 2.95. The van der Waals surface area contributed by atoms with E-state index >= 15 is 0 Å². The Balaban J connectivity index is 2.12. The van der Waals surface area contributed by atoms with Gasteiger partial charge in [-0.25, -0.2) is 0 Å². The first-order valence-corrected chi connectivity index (χ1v) is 7.42. The van der Waals surface area contributed by atoms with Crippen molar-refractivity contribution in [3.05, 3.63) is 33.9 Å². The lowest BCUT2D eigenvalue weighted by molar-refractivity contribution is -0.385. The predicted molar refractivity (Wildman–Crippen MR) is 81.6 cm³/mol. The van der Waals surface area contributed by atoms with E-state index in [0.717, 1.165) is 12.8 Å². The summed E-state index contributed by atoms with van der Waals surface area (Å²) >= 11 is 0. The minimum atomic E-state index is -0.514. The lowest BCUT2D eigenvalue weighted by Crippen LogP contribution is -2.29. The number of nitro groups is 1. The molecule has 0 aromatic heterocycles. The molecule has 0 unspecified atom stereocenters. The van der Waals surface area contributed by atoms with Crippen LogP contribution in [0.4, 0.5) is 11.4 Å². The molecule has 6 nitrogen and oxygen atoms in total. The van der Waals surface area contributed by atoms with Crippen LogP contribution in [-0.2, 0) is 0 Å². The molecule has 0 spiro atoms. The highest BCUT2D eigenvalue weighted by molar-refractivity contribution is 5.99. The molecule has 1 aromatic carbocycles. The van der Waals surface area contributed by atoms with Crippen LogP contribution in [0.15, 0.2) is 18.2 Å². The molecule has 6 heteroatoms. The molecule has 0 bridgehead atoms. The van der Waals surface area contributed by atoms with Crippen molar-refractivity contribution < 1.29 is 9.72 Å². The molecule has 0 radical (unpaired) electrons. The quantitative estimate of drug-likeness (QED) is 0.623. The SMILES string of the molecule is CCNc1ccc([N+](=O)[O-])c(C(=O)NCC2CCCC2)c1. The average molecular weight is 291 g/mol. The van der Waals surface area contributed by atoms with Gasteiger partial charge in [0.05, 0.1) is 4.92 Å². The van der Waals surface area contributed by atoms with Crippen LogP contribution in [0.1, 0.15) is 43.0 Å². The lowest BCUT2D eigenvalue weighted by atomic mass is 10.1. The van der Waals surface area contributed by atoms with E-state index in [1.54, 1.807) is 12.1 Å². The number of hydrogen-bond acceptors (Lipinski definition) is 4. The second-order valence-electron chi connectivity index (χ2n) is 5.38. The molecular formula is C15H21N3O3. The zero-order valence-corrected chi connectivity index (χ0v) is 12.2. The number of amides is 1. The van der Waals surface area contributed by atoms with E-state index in [0.29, 0.717) is 24.7 Å². The number of hydrogen-bond donors (Lipinski definition) is 2. The fourth-order valence-electron chi connectivity index (χ4n) is 2.74. The first-order chi connectivity index (χ1) is 10.1. The minimum absolute atomic E-state index is 0.122. The summed E-state index contributed by atoms with van der Waals surface area (Å²) in [5.74, 6) is 0.137. The van der Waals surface area contributed by atoms with Crippen molar-refractivity contribution in [3.8, 4) is 0 Å². The van der Waals surface area contributed by atoms with Crippen LogP contribution < -0.4 is 10.6 Å². The van der Waals surface area contributed by atoms with Crippen molar-refractivity contribution in [1.29, 1.82) is 0 Å². The third-order valence-electron chi connectivity index (χ3n) is 3.84. The zero-order chi connectivity index (χ0) is 15.2. The van der Waals surface area contributed by atoms with Crippen LogP contribution in [0.25, 0.3) is 0 Å². The maximum absolute atomic E-state index is 12.2. The van der Waals surface area contributed by atoms with E-state index in [9.17, 15) is 14.9 Å². The lowest BCUT2D eigenvalue weighted by Gasteiger charge is -2.11. The number of nitrogens with one attached hydrogen (secondary N) is 2. The smallest absolute Gasteiger partial charge is 0.282 e. The molecule has 1 aliphatic rings. The molecule has 1 aromatic rings. The second kappa shape index (κ2) is 7.06. The van der Waals surface area contributed by atoms with Crippen LogP contribution in [0, 0.1) is 16.0 Å². The Bertz CT molecular complexity index is 525. The maximum atomic E-state index is 12.2. The summed E-state index contributed by atoms with van der Waals surface area (Å²) < 4.78 is 0. The normalized spacial score (nSPS) is 14.9. The Hall–Kier alpha value is -2.11. The topological polar surface area (TPSA) is 84.3 Å². The molecular weight excluding hydrogens is 270 g/mol. The summed E-state index contributed by atoms with van der Waals surface area (Å²) in [4.78, 5) is 22.8. The molecule has 2 rings (SSSR count). The van der Waals surface area contributed by atoms with Gasteiger partial charge in [-0.15, -0.1) is 0 Å². The van der Waals surface area contributed by atoms with E-state index in [2.05, 4.69) is 10.6 Å². The number of nitro benzene ring substituents is 1. The molecule has 1 saturated carbocycles. The maximum Gasteiger partial charge on any atom is 0.282 e. The summed E-state index contributed by atoms with van der Waals surface area (Å²) in [6.07, 6.45) is 4.66. The third kappa shape index (κ3) is 3.93. The van der Waals surface area contributed by atoms with E-state index in [-0.39, 0.29) is 17.2 Å². The van der Waals surface area contributed by atoms with Crippen LogP contribution in [0.3, 0.4) is 0 Å². The highest BCUT2D eigenvalue weighted by atomic mass is 16.6. The van der Waals surface area contributed by atoms with Crippen LogP contribution in [0.2, 0.25) is 0 Å². The van der Waals surface area contributed by atoms with Gasteiger partial charge in [0.25, 0.3) is 11.6 Å². The van der Waals surface area contributed by atoms with Crippen LogP contribution >= 0.6 is 0 Å². The van der Waals surface area contributed by atoms with E-state index in [4.69, 9.17) is 0 Å². The van der Waals surface area contributed by atoms with Gasteiger partial charge in [0, 0.05) is 24.8 Å². The number of rotatable bonds is 6. The average Bonchev–Trinajstić information content (AvgIpc) is 2.98. The molecule has 0 saturated heterocycles. The second-order valence-corrected chi connectivity index (χ2v) is 5.38. The largest absolute Gasteiger partial charge is 0.385 e. The van der Waals surface area contributed by atoms with E-state index in [1.807, 2.05) is 6.92 Å². The third-order valence-corrected chi connectivity index (χ3v) is 3.84. The van der Waals surface area contributed by atoms with Gasteiger partial charge in [-0.05, 0) is 37.8 Å². The summed E-state index contributed by atoms with van der Waals surface area (Å²) in [5.41, 5.74) is 0.686. The van der Waals surface area contributed by atoms with Gasteiger partial charge < -0.3 is 10.6 Å².